The van der Waals surface area contributed by atoms with Gasteiger partial charge in [-0.2, -0.15) is 0 Å². The predicted octanol–water partition coefficient (Wildman–Crippen LogP) is 2.45. The molecule has 6 heteroatoms. The lowest BCUT2D eigenvalue weighted by molar-refractivity contribution is -0.118. The zero-order valence-electron chi connectivity index (χ0n) is 15.0. The maximum absolute atomic E-state index is 10.9. The van der Waals surface area contributed by atoms with E-state index in [0.717, 1.165) is 44.3 Å². The number of carbonyl (C=O) groups is 1. The van der Waals surface area contributed by atoms with E-state index in [1.165, 1.54) is 16.0 Å². The van der Waals surface area contributed by atoms with Gasteiger partial charge < -0.3 is 10.2 Å². The van der Waals surface area contributed by atoms with Crippen molar-refractivity contribution in [2.45, 2.75) is 26.8 Å². The van der Waals surface area contributed by atoms with Gasteiger partial charge >= 0.3 is 0 Å². The molecule has 1 aliphatic heterocycles. The van der Waals surface area contributed by atoms with Crippen LogP contribution in [-0.4, -0.2) is 48.5 Å². The van der Waals surface area contributed by atoms with Crippen LogP contribution in [0.4, 0.5) is 5.13 Å². The molecule has 1 aliphatic rings. The second-order valence-corrected chi connectivity index (χ2v) is 7.78. The van der Waals surface area contributed by atoms with E-state index in [1.54, 1.807) is 18.3 Å². The molecule has 5 nitrogen and oxygen atoms in total. The normalized spacial score (nSPS) is 15.4. The molecule has 25 heavy (non-hydrogen) atoms. The van der Waals surface area contributed by atoms with E-state index in [2.05, 4.69) is 51.3 Å². The Bertz CT molecular complexity index is 690. The molecule has 0 atom stereocenters. The second kappa shape index (κ2) is 8.45. The first-order valence-corrected chi connectivity index (χ1v) is 9.64. The molecule has 0 saturated carbocycles. The number of benzene rings is 1. The Labute approximate surface area is 153 Å². The number of anilines is 1. The van der Waals surface area contributed by atoms with E-state index in [1.807, 2.05) is 6.20 Å². The maximum Gasteiger partial charge on any atom is 0.216 e. The number of carbonyl (C=O) groups excluding carboxylic acids is 1. The summed E-state index contributed by atoms with van der Waals surface area (Å²) >= 11 is 1.78. The summed E-state index contributed by atoms with van der Waals surface area (Å²) in [4.78, 5) is 21.6. The summed E-state index contributed by atoms with van der Waals surface area (Å²) in [5.41, 5.74) is 2.61. The number of aryl methyl sites for hydroxylation is 1. The third kappa shape index (κ3) is 5.28. The van der Waals surface area contributed by atoms with E-state index < -0.39 is 0 Å². The highest BCUT2D eigenvalue weighted by Crippen LogP contribution is 2.23. The average molecular weight is 359 g/mol. The standard InChI is InChI=1S/C19H26N4OS/c1-15-13-21-19(25-15)23-11-9-22(10-12-23)14-18-5-3-17(4-6-18)7-8-20-16(2)24/h3-6,13H,7-12,14H2,1-2H3,(H,20,24). The largest absolute Gasteiger partial charge is 0.356 e. The topological polar surface area (TPSA) is 48.5 Å². The fourth-order valence-electron chi connectivity index (χ4n) is 3.04. The predicted molar refractivity (Wildman–Crippen MR) is 103 cm³/mol. The first kappa shape index (κ1) is 17.9. The number of nitrogens with one attached hydrogen (secondary N) is 1. The molecule has 1 saturated heterocycles. The average Bonchev–Trinajstić information content (AvgIpc) is 3.03. The molecule has 2 heterocycles. The van der Waals surface area contributed by atoms with Crippen molar-refractivity contribution < 1.29 is 4.79 Å². The minimum absolute atomic E-state index is 0.0312. The minimum atomic E-state index is 0.0312. The van der Waals surface area contributed by atoms with E-state index in [9.17, 15) is 4.79 Å². The van der Waals surface area contributed by atoms with E-state index in [4.69, 9.17) is 0 Å². The van der Waals surface area contributed by atoms with Gasteiger partial charge in [-0.15, -0.1) is 11.3 Å². The van der Waals surface area contributed by atoms with Crippen molar-refractivity contribution in [2.75, 3.05) is 37.6 Å². The summed E-state index contributed by atoms with van der Waals surface area (Å²) in [6.45, 7) is 9.59. The number of nitrogens with zero attached hydrogens (tertiary/aromatic N) is 3. The molecule has 3 rings (SSSR count). The molecular formula is C19H26N4OS. The van der Waals surface area contributed by atoms with E-state index in [0.29, 0.717) is 6.54 Å². The van der Waals surface area contributed by atoms with Crippen LogP contribution in [0, 0.1) is 6.92 Å². The van der Waals surface area contributed by atoms with Gasteiger partial charge in [0.25, 0.3) is 0 Å². The van der Waals surface area contributed by atoms with Gasteiger partial charge in [0.15, 0.2) is 5.13 Å². The Morgan fingerprint density at radius 3 is 2.44 bits per heavy atom. The number of thiazole rings is 1. The zero-order chi connectivity index (χ0) is 17.6. The molecule has 0 aliphatic carbocycles. The van der Waals surface area contributed by atoms with Gasteiger partial charge in [0, 0.05) is 57.3 Å². The molecule has 0 radical (unpaired) electrons. The summed E-state index contributed by atoms with van der Waals surface area (Å²) < 4.78 is 0. The molecule has 0 spiro atoms. The first-order valence-electron chi connectivity index (χ1n) is 8.82. The summed E-state index contributed by atoms with van der Waals surface area (Å²) in [5.74, 6) is 0.0312. The van der Waals surface area contributed by atoms with Crippen molar-refractivity contribution in [2.24, 2.45) is 0 Å². The van der Waals surface area contributed by atoms with Crippen LogP contribution in [0.1, 0.15) is 22.9 Å². The third-order valence-electron chi connectivity index (χ3n) is 4.47. The molecule has 1 aromatic carbocycles. The molecule has 0 bridgehead atoms. The Balaban J connectivity index is 1.44. The minimum Gasteiger partial charge on any atom is -0.356 e. The van der Waals surface area contributed by atoms with Gasteiger partial charge in [-0.3, -0.25) is 9.69 Å². The van der Waals surface area contributed by atoms with Gasteiger partial charge in [-0.05, 0) is 24.5 Å². The smallest absolute Gasteiger partial charge is 0.216 e. The molecule has 1 fully saturated rings. The van der Waals surface area contributed by atoms with Crippen LogP contribution in [0.5, 0.6) is 0 Å². The molecule has 1 amide bonds. The van der Waals surface area contributed by atoms with Gasteiger partial charge in [-0.25, -0.2) is 4.98 Å². The fourth-order valence-corrected chi connectivity index (χ4v) is 3.85. The van der Waals surface area contributed by atoms with Crippen LogP contribution >= 0.6 is 11.3 Å². The summed E-state index contributed by atoms with van der Waals surface area (Å²) in [6, 6.07) is 8.76. The number of hydrogen-bond donors (Lipinski definition) is 1. The Kier molecular flexibility index (Phi) is 6.04. The second-order valence-electron chi connectivity index (χ2n) is 6.57. The van der Waals surface area contributed by atoms with Gasteiger partial charge in [0.1, 0.15) is 0 Å². The van der Waals surface area contributed by atoms with Crippen molar-refractivity contribution in [3.63, 3.8) is 0 Å². The highest BCUT2D eigenvalue weighted by atomic mass is 32.1. The number of hydrogen-bond acceptors (Lipinski definition) is 5. The van der Waals surface area contributed by atoms with Crippen molar-refractivity contribution >= 4 is 22.4 Å². The van der Waals surface area contributed by atoms with Crippen molar-refractivity contribution in [1.29, 1.82) is 0 Å². The lowest BCUT2D eigenvalue weighted by Gasteiger charge is -2.34. The number of amides is 1. The van der Waals surface area contributed by atoms with Crippen molar-refractivity contribution in [3.8, 4) is 0 Å². The van der Waals surface area contributed by atoms with Crippen LogP contribution in [0.2, 0.25) is 0 Å². The molecule has 0 unspecified atom stereocenters. The van der Waals surface area contributed by atoms with Gasteiger partial charge in [0.2, 0.25) is 5.91 Å². The molecular weight excluding hydrogens is 332 g/mol. The van der Waals surface area contributed by atoms with Crippen LogP contribution in [0.3, 0.4) is 0 Å². The van der Waals surface area contributed by atoms with Crippen LogP contribution in [0.25, 0.3) is 0 Å². The van der Waals surface area contributed by atoms with Gasteiger partial charge in [-0.1, -0.05) is 24.3 Å². The third-order valence-corrected chi connectivity index (χ3v) is 5.44. The lowest BCUT2D eigenvalue weighted by atomic mass is 10.1. The van der Waals surface area contributed by atoms with E-state index in [-0.39, 0.29) is 5.91 Å². The van der Waals surface area contributed by atoms with Crippen LogP contribution in [0.15, 0.2) is 30.5 Å². The maximum atomic E-state index is 10.9. The lowest BCUT2D eigenvalue weighted by Crippen LogP contribution is -2.45. The number of rotatable bonds is 6. The summed E-state index contributed by atoms with van der Waals surface area (Å²) in [5, 5.41) is 3.99. The highest BCUT2D eigenvalue weighted by Gasteiger charge is 2.19. The Hall–Kier alpha value is -1.92. The molecule has 1 N–H and O–H groups in total. The quantitative estimate of drug-likeness (QED) is 0.862. The summed E-state index contributed by atoms with van der Waals surface area (Å²) in [7, 11) is 0. The summed E-state index contributed by atoms with van der Waals surface area (Å²) in [6.07, 6.45) is 2.84. The molecule has 2 aromatic rings. The van der Waals surface area contributed by atoms with E-state index >= 15 is 0 Å². The Morgan fingerprint density at radius 1 is 1.16 bits per heavy atom. The highest BCUT2D eigenvalue weighted by molar-refractivity contribution is 7.15. The van der Waals surface area contributed by atoms with Crippen molar-refractivity contribution in [3.05, 3.63) is 46.5 Å². The van der Waals surface area contributed by atoms with Crippen LogP contribution < -0.4 is 10.2 Å². The first-order chi connectivity index (χ1) is 12.1. The van der Waals surface area contributed by atoms with Crippen LogP contribution in [-0.2, 0) is 17.8 Å². The number of piperazine rings is 1. The number of aromatic nitrogens is 1. The van der Waals surface area contributed by atoms with Crippen molar-refractivity contribution in [1.82, 2.24) is 15.2 Å². The monoisotopic (exact) mass is 358 g/mol. The Morgan fingerprint density at radius 2 is 1.84 bits per heavy atom. The van der Waals surface area contributed by atoms with Gasteiger partial charge in [0.05, 0.1) is 0 Å². The fraction of sp³-hybridized carbons (Fsp3) is 0.474. The molecule has 134 valence electrons. The molecule has 1 aromatic heterocycles. The zero-order valence-corrected chi connectivity index (χ0v) is 15.8. The SMILES string of the molecule is CC(=O)NCCc1ccc(CN2CCN(c3ncc(C)s3)CC2)cc1.